The molecule has 1 unspecified atom stereocenters. The molecule has 162 valence electrons. The maximum atomic E-state index is 10.3. The van der Waals surface area contributed by atoms with Gasteiger partial charge >= 0.3 is 0 Å². The Bertz CT molecular complexity index is 913. The summed E-state index contributed by atoms with van der Waals surface area (Å²) in [6.07, 6.45) is 2.67. The van der Waals surface area contributed by atoms with E-state index >= 15 is 0 Å². The van der Waals surface area contributed by atoms with Crippen molar-refractivity contribution in [3.05, 3.63) is 90.0 Å². The summed E-state index contributed by atoms with van der Waals surface area (Å²) in [7, 11) is 2.07. The van der Waals surface area contributed by atoms with Gasteiger partial charge in [0.25, 0.3) is 0 Å². The van der Waals surface area contributed by atoms with Crippen molar-refractivity contribution < 1.29 is 9.84 Å². The highest BCUT2D eigenvalue weighted by Gasteiger charge is 2.20. The third-order valence-corrected chi connectivity index (χ3v) is 5.86. The number of anilines is 2. The van der Waals surface area contributed by atoms with Crippen molar-refractivity contribution in [1.82, 2.24) is 4.90 Å². The predicted octanol–water partition coefficient (Wildman–Crippen LogP) is 4.69. The molecule has 4 rings (SSSR count). The first-order chi connectivity index (χ1) is 15.2. The summed E-state index contributed by atoms with van der Waals surface area (Å²) in [5.41, 5.74) is 5.49. The Hall–Kier alpha value is -2.82. The summed E-state index contributed by atoms with van der Waals surface area (Å²) in [5.74, 6) is 0.794. The Kier molecular flexibility index (Phi) is 7.23. The normalized spacial score (nSPS) is 14.0. The summed E-state index contributed by atoms with van der Waals surface area (Å²) in [5, 5.41) is 10.3. The summed E-state index contributed by atoms with van der Waals surface area (Å²) < 4.78 is 5.68. The minimum atomic E-state index is -0.509. The van der Waals surface area contributed by atoms with Crippen molar-refractivity contribution >= 4 is 11.4 Å². The van der Waals surface area contributed by atoms with Crippen LogP contribution in [-0.2, 0) is 12.8 Å². The molecule has 3 aromatic carbocycles. The van der Waals surface area contributed by atoms with E-state index in [0.717, 1.165) is 38.1 Å². The van der Waals surface area contributed by atoms with E-state index in [1.54, 1.807) is 0 Å². The lowest BCUT2D eigenvalue weighted by Crippen LogP contribution is -2.34. The Labute approximate surface area is 185 Å². The monoisotopic (exact) mass is 416 g/mol. The highest BCUT2D eigenvalue weighted by Crippen LogP contribution is 2.35. The van der Waals surface area contributed by atoms with Crippen LogP contribution >= 0.6 is 0 Å². The van der Waals surface area contributed by atoms with Crippen LogP contribution in [0.3, 0.4) is 0 Å². The zero-order chi connectivity index (χ0) is 21.5. The Morgan fingerprint density at radius 1 is 0.871 bits per heavy atom. The van der Waals surface area contributed by atoms with Gasteiger partial charge in [-0.2, -0.15) is 0 Å². The number of aliphatic hydroxyl groups excluding tert-OH is 1. The third-order valence-electron chi connectivity index (χ3n) is 5.86. The fourth-order valence-corrected chi connectivity index (χ4v) is 4.32. The number of hydrogen-bond acceptors (Lipinski definition) is 4. The molecule has 1 N–H and O–H groups in total. The molecule has 3 aromatic rings. The SMILES string of the molecule is CN(CCCN1c2ccccc2CCc2ccccc21)CC(O)COc1ccccc1. The zero-order valence-corrected chi connectivity index (χ0v) is 18.3. The first-order valence-electron chi connectivity index (χ1n) is 11.2. The Morgan fingerprint density at radius 2 is 1.45 bits per heavy atom. The van der Waals surface area contributed by atoms with Crippen LogP contribution in [0.25, 0.3) is 0 Å². The molecule has 4 heteroatoms. The van der Waals surface area contributed by atoms with Gasteiger partial charge in [-0.3, -0.25) is 0 Å². The summed E-state index contributed by atoms with van der Waals surface area (Å²) in [4.78, 5) is 4.66. The fraction of sp³-hybridized carbons (Fsp3) is 0.333. The zero-order valence-electron chi connectivity index (χ0n) is 18.3. The Morgan fingerprint density at radius 3 is 2.10 bits per heavy atom. The van der Waals surface area contributed by atoms with Crippen molar-refractivity contribution in [2.75, 3.05) is 38.2 Å². The van der Waals surface area contributed by atoms with Gasteiger partial charge in [0.2, 0.25) is 0 Å². The van der Waals surface area contributed by atoms with E-state index in [0.29, 0.717) is 13.2 Å². The third kappa shape index (κ3) is 5.66. The van der Waals surface area contributed by atoms with Crippen molar-refractivity contribution in [3.8, 4) is 5.75 Å². The largest absolute Gasteiger partial charge is 0.491 e. The van der Waals surface area contributed by atoms with Crippen LogP contribution in [0.2, 0.25) is 0 Å². The van der Waals surface area contributed by atoms with Gasteiger partial charge in [-0.25, -0.2) is 0 Å². The fourth-order valence-electron chi connectivity index (χ4n) is 4.32. The summed E-state index contributed by atoms with van der Waals surface area (Å²) >= 11 is 0. The van der Waals surface area contributed by atoms with Crippen LogP contribution < -0.4 is 9.64 Å². The van der Waals surface area contributed by atoms with E-state index in [1.807, 2.05) is 30.3 Å². The van der Waals surface area contributed by atoms with Crippen LogP contribution in [0.1, 0.15) is 17.5 Å². The molecule has 1 aliphatic rings. The molecule has 0 aromatic heterocycles. The lowest BCUT2D eigenvalue weighted by molar-refractivity contribution is 0.0762. The summed E-state index contributed by atoms with van der Waals surface area (Å²) in [6.45, 7) is 2.78. The van der Waals surface area contributed by atoms with Crippen LogP contribution in [0, 0.1) is 0 Å². The van der Waals surface area contributed by atoms with Gasteiger partial charge < -0.3 is 19.6 Å². The lowest BCUT2D eigenvalue weighted by Gasteiger charge is -2.28. The molecule has 4 nitrogen and oxygen atoms in total. The van der Waals surface area contributed by atoms with E-state index in [4.69, 9.17) is 4.74 Å². The molecule has 0 radical (unpaired) electrons. The van der Waals surface area contributed by atoms with Gasteiger partial charge in [-0.15, -0.1) is 0 Å². The highest BCUT2D eigenvalue weighted by atomic mass is 16.5. The van der Waals surface area contributed by atoms with E-state index in [-0.39, 0.29) is 0 Å². The molecule has 0 bridgehead atoms. The molecule has 0 saturated heterocycles. The van der Waals surface area contributed by atoms with Crippen LogP contribution in [0.4, 0.5) is 11.4 Å². The number of para-hydroxylation sites is 3. The van der Waals surface area contributed by atoms with Crippen molar-refractivity contribution in [2.24, 2.45) is 0 Å². The van der Waals surface area contributed by atoms with E-state index in [2.05, 4.69) is 65.4 Å². The number of rotatable bonds is 9. The minimum absolute atomic E-state index is 0.307. The molecule has 0 aliphatic carbocycles. The van der Waals surface area contributed by atoms with Crippen molar-refractivity contribution in [1.29, 1.82) is 0 Å². The van der Waals surface area contributed by atoms with E-state index < -0.39 is 6.10 Å². The first kappa shape index (κ1) is 21.4. The van der Waals surface area contributed by atoms with Crippen molar-refractivity contribution in [3.63, 3.8) is 0 Å². The second-order valence-corrected chi connectivity index (χ2v) is 8.30. The quantitative estimate of drug-likeness (QED) is 0.549. The van der Waals surface area contributed by atoms with Crippen LogP contribution in [-0.4, -0.2) is 49.4 Å². The van der Waals surface area contributed by atoms with E-state index in [1.165, 1.54) is 22.5 Å². The van der Waals surface area contributed by atoms with Gasteiger partial charge in [-0.1, -0.05) is 54.6 Å². The van der Waals surface area contributed by atoms with Crippen molar-refractivity contribution in [2.45, 2.75) is 25.4 Å². The number of benzene rings is 3. The average molecular weight is 417 g/mol. The number of hydrogen-bond donors (Lipinski definition) is 1. The molecule has 0 spiro atoms. The molecule has 1 atom stereocenters. The second kappa shape index (κ2) is 10.5. The smallest absolute Gasteiger partial charge is 0.119 e. The second-order valence-electron chi connectivity index (χ2n) is 8.30. The van der Waals surface area contributed by atoms with Gasteiger partial charge in [0.05, 0.1) is 0 Å². The van der Waals surface area contributed by atoms with Gasteiger partial charge in [0, 0.05) is 24.5 Å². The molecule has 1 aliphatic heterocycles. The minimum Gasteiger partial charge on any atom is -0.491 e. The standard InChI is InChI=1S/C27H32N2O2/c1-28(20-24(30)21-31-25-12-3-2-4-13-25)18-9-19-29-26-14-7-5-10-22(26)16-17-23-11-6-8-15-27(23)29/h2-8,10-15,24,30H,9,16-21H2,1H3. The predicted molar refractivity (Wildman–Crippen MR) is 127 cm³/mol. The maximum absolute atomic E-state index is 10.3. The maximum Gasteiger partial charge on any atom is 0.119 e. The Balaban J connectivity index is 1.32. The van der Waals surface area contributed by atoms with Gasteiger partial charge in [0.1, 0.15) is 18.5 Å². The number of ether oxygens (including phenoxy) is 1. The number of likely N-dealkylation sites (N-methyl/N-ethyl adjacent to an activating group) is 1. The van der Waals surface area contributed by atoms with Crippen LogP contribution in [0.15, 0.2) is 78.9 Å². The number of fused-ring (bicyclic) bond motifs is 2. The molecule has 0 saturated carbocycles. The highest BCUT2D eigenvalue weighted by molar-refractivity contribution is 5.71. The molecule has 1 heterocycles. The van der Waals surface area contributed by atoms with Gasteiger partial charge in [-0.05, 0) is 68.2 Å². The lowest BCUT2D eigenvalue weighted by atomic mass is 10.0. The molecule has 0 amide bonds. The van der Waals surface area contributed by atoms with Crippen LogP contribution in [0.5, 0.6) is 5.75 Å². The molecular formula is C27H32N2O2. The number of nitrogens with zero attached hydrogens (tertiary/aromatic N) is 2. The number of aliphatic hydroxyl groups is 1. The summed E-state index contributed by atoms with van der Waals surface area (Å²) in [6, 6.07) is 27.2. The number of aryl methyl sites for hydroxylation is 2. The topological polar surface area (TPSA) is 35.9 Å². The van der Waals surface area contributed by atoms with E-state index in [9.17, 15) is 5.11 Å². The first-order valence-corrected chi connectivity index (χ1v) is 11.2. The molecule has 0 fully saturated rings. The molecule has 31 heavy (non-hydrogen) atoms. The molecular weight excluding hydrogens is 384 g/mol. The average Bonchev–Trinajstić information content (AvgIpc) is 2.96. The van der Waals surface area contributed by atoms with Gasteiger partial charge in [0.15, 0.2) is 0 Å².